The zero-order valence-corrected chi connectivity index (χ0v) is 18.9. The van der Waals surface area contributed by atoms with E-state index in [1.165, 1.54) is 24.3 Å². The average Bonchev–Trinajstić information content (AvgIpc) is 2.75. The molecule has 0 radical (unpaired) electrons. The predicted molar refractivity (Wildman–Crippen MR) is 126 cm³/mol. The highest BCUT2D eigenvalue weighted by Gasteiger charge is 2.17. The Balaban J connectivity index is 1.75. The monoisotopic (exact) mass is 451 g/mol. The van der Waals surface area contributed by atoms with Gasteiger partial charge >= 0.3 is 0 Å². The highest BCUT2D eigenvalue weighted by Crippen LogP contribution is 2.20. The highest BCUT2D eigenvalue weighted by atomic mass is 32.2. The second-order valence-electron chi connectivity index (χ2n) is 7.68. The number of hydrogen-bond acceptors (Lipinski definition) is 4. The van der Waals surface area contributed by atoms with Crippen molar-refractivity contribution in [1.82, 2.24) is 0 Å². The van der Waals surface area contributed by atoms with Crippen LogP contribution in [-0.4, -0.2) is 20.2 Å². The van der Waals surface area contributed by atoms with Gasteiger partial charge < -0.3 is 10.6 Å². The van der Waals surface area contributed by atoms with Crippen LogP contribution in [0.2, 0.25) is 0 Å². The number of hydrogen-bond donors (Lipinski definition) is 3. The highest BCUT2D eigenvalue weighted by molar-refractivity contribution is 7.92. The van der Waals surface area contributed by atoms with Gasteiger partial charge in [-0.15, -0.1) is 0 Å². The molecule has 0 atom stereocenters. The minimum absolute atomic E-state index is 0.0244. The van der Waals surface area contributed by atoms with E-state index in [2.05, 4.69) is 15.4 Å². The van der Waals surface area contributed by atoms with Crippen molar-refractivity contribution < 1.29 is 18.0 Å². The second kappa shape index (κ2) is 9.65. The summed E-state index contributed by atoms with van der Waals surface area (Å²) in [6, 6.07) is 19.5. The Kier molecular flexibility index (Phi) is 6.95. The number of aryl methyl sites for hydroxylation is 1. The Bertz CT molecular complexity index is 1240. The first kappa shape index (κ1) is 23.0. The summed E-state index contributed by atoms with van der Waals surface area (Å²) in [6.07, 6.45) is 0. The Morgan fingerprint density at radius 1 is 0.781 bits per heavy atom. The van der Waals surface area contributed by atoms with Crippen molar-refractivity contribution in [3.8, 4) is 0 Å². The summed E-state index contributed by atoms with van der Waals surface area (Å²) in [6.45, 7) is 5.49. The van der Waals surface area contributed by atoms with Gasteiger partial charge in [0.25, 0.3) is 15.9 Å². The fourth-order valence-corrected chi connectivity index (χ4v) is 3.91. The molecule has 0 fully saturated rings. The lowest BCUT2D eigenvalue weighted by Crippen LogP contribution is -2.18. The predicted octanol–water partition coefficient (Wildman–Crippen LogP) is 4.64. The van der Waals surface area contributed by atoms with E-state index in [0.717, 1.165) is 5.56 Å². The van der Waals surface area contributed by atoms with Gasteiger partial charge in [-0.2, -0.15) is 0 Å². The number of carbonyl (C=O) groups excluding carboxylic acids is 2. The van der Waals surface area contributed by atoms with E-state index in [-0.39, 0.29) is 22.3 Å². The molecule has 0 bridgehead atoms. The molecule has 0 spiro atoms. The van der Waals surface area contributed by atoms with E-state index in [9.17, 15) is 18.0 Å². The van der Waals surface area contributed by atoms with Crippen LogP contribution in [0.25, 0.3) is 0 Å². The average molecular weight is 452 g/mol. The van der Waals surface area contributed by atoms with Crippen LogP contribution in [0.5, 0.6) is 0 Å². The van der Waals surface area contributed by atoms with E-state index in [1.807, 2.05) is 6.92 Å². The number of anilines is 3. The van der Waals surface area contributed by atoms with Gasteiger partial charge in [0.05, 0.1) is 4.90 Å². The smallest absolute Gasteiger partial charge is 0.261 e. The van der Waals surface area contributed by atoms with Crippen LogP contribution in [0.1, 0.15) is 29.8 Å². The molecular weight excluding hydrogens is 426 g/mol. The van der Waals surface area contributed by atoms with Crippen LogP contribution in [0.3, 0.4) is 0 Å². The molecule has 0 aliphatic heterocycles. The lowest BCUT2D eigenvalue weighted by molar-refractivity contribution is -0.118. The molecule has 8 heteroatoms. The third-order valence-electron chi connectivity index (χ3n) is 4.62. The fourth-order valence-electron chi connectivity index (χ4n) is 2.80. The molecule has 0 saturated heterocycles. The summed E-state index contributed by atoms with van der Waals surface area (Å²) >= 11 is 0. The first-order chi connectivity index (χ1) is 15.1. The maximum atomic E-state index is 12.7. The molecule has 0 aliphatic carbocycles. The third kappa shape index (κ3) is 5.95. The normalized spacial score (nSPS) is 11.1. The van der Waals surface area contributed by atoms with Crippen LogP contribution in [0.15, 0.2) is 77.7 Å². The van der Waals surface area contributed by atoms with Gasteiger partial charge in [-0.1, -0.05) is 43.7 Å². The molecule has 0 aliphatic rings. The van der Waals surface area contributed by atoms with Crippen molar-refractivity contribution in [2.24, 2.45) is 5.92 Å². The topological polar surface area (TPSA) is 104 Å². The summed E-state index contributed by atoms with van der Waals surface area (Å²) < 4.78 is 28.0. The quantitative estimate of drug-likeness (QED) is 0.487. The van der Waals surface area contributed by atoms with Crippen LogP contribution in [0.4, 0.5) is 17.1 Å². The standard InChI is InChI=1S/C24H25N3O4S/c1-16(2)23(28)25-20-7-5-8-21(15-20)26-24(29)18-6-4-9-22(14-18)32(30,31)27-19-12-10-17(3)11-13-19/h4-16,27H,1-3H3,(H,25,28)(H,26,29). The first-order valence-electron chi connectivity index (χ1n) is 10.1. The Morgan fingerprint density at radius 3 is 2.06 bits per heavy atom. The molecule has 0 saturated carbocycles. The van der Waals surface area contributed by atoms with E-state index in [4.69, 9.17) is 0 Å². The van der Waals surface area contributed by atoms with Crippen molar-refractivity contribution in [3.63, 3.8) is 0 Å². The third-order valence-corrected chi connectivity index (χ3v) is 6.00. The van der Waals surface area contributed by atoms with Crippen molar-refractivity contribution in [2.75, 3.05) is 15.4 Å². The van der Waals surface area contributed by atoms with E-state index < -0.39 is 15.9 Å². The molecule has 3 aromatic rings. The maximum Gasteiger partial charge on any atom is 0.261 e. The number of rotatable bonds is 7. The van der Waals surface area contributed by atoms with Gasteiger partial charge in [-0.05, 0) is 55.5 Å². The summed E-state index contributed by atoms with van der Waals surface area (Å²) in [5.41, 5.74) is 2.67. The zero-order chi connectivity index (χ0) is 23.3. The lowest BCUT2D eigenvalue weighted by Gasteiger charge is -2.11. The molecule has 0 aromatic heterocycles. The number of carbonyl (C=O) groups is 2. The Labute approximate surface area is 187 Å². The van der Waals surface area contributed by atoms with E-state index >= 15 is 0 Å². The van der Waals surface area contributed by atoms with Gasteiger partial charge in [0.2, 0.25) is 5.91 Å². The number of amides is 2. The fraction of sp³-hybridized carbons (Fsp3) is 0.167. The molecule has 3 aromatic carbocycles. The van der Waals surface area contributed by atoms with Gasteiger partial charge in [-0.3, -0.25) is 14.3 Å². The van der Waals surface area contributed by atoms with Crippen LogP contribution >= 0.6 is 0 Å². The molecule has 0 heterocycles. The number of nitrogens with one attached hydrogen (secondary N) is 3. The Morgan fingerprint density at radius 2 is 1.41 bits per heavy atom. The number of benzene rings is 3. The zero-order valence-electron chi connectivity index (χ0n) is 18.0. The van der Waals surface area contributed by atoms with Crippen molar-refractivity contribution in [2.45, 2.75) is 25.7 Å². The molecule has 0 unspecified atom stereocenters. The van der Waals surface area contributed by atoms with Crippen molar-refractivity contribution in [3.05, 3.63) is 83.9 Å². The summed E-state index contributed by atoms with van der Waals surface area (Å²) in [7, 11) is -3.86. The minimum atomic E-state index is -3.86. The maximum absolute atomic E-state index is 12.7. The van der Waals surface area contributed by atoms with Crippen molar-refractivity contribution >= 4 is 38.9 Å². The molecule has 166 valence electrons. The second-order valence-corrected chi connectivity index (χ2v) is 9.36. The van der Waals surface area contributed by atoms with Crippen LogP contribution < -0.4 is 15.4 Å². The van der Waals surface area contributed by atoms with E-state index in [0.29, 0.717) is 17.1 Å². The Hall–Kier alpha value is -3.65. The summed E-state index contributed by atoms with van der Waals surface area (Å²) in [5, 5.41) is 5.50. The van der Waals surface area contributed by atoms with Gasteiger partial charge in [0.15, 0.2) is 0 Å². The first-order valence-corrected chi connectivity index (χ1v) is 11.5. The molecule has 3 rings (SSSR count). The lowest BCUT2D eigenvalue weighted by atomic mass is 10.2. The van der Waals surface area contributed by atoms with Gasteiger partial charge in [0, 0.05) is 28.5 Å². The van der Waals surface area contributed by atoms with Gasteiger partial charge in [0.1, 0.15) is 0 Å². The SMILES string of the molecule is Cc1ccc(NS(=O)(=O)c2cccc(C(=O)Nc3cccc(NC(=O)C(C)C)c3)c2)cc1. The largest absolute Gasteiger partial charge is 0.326 e. The molecular formula is C24H25N3O4S. The molecule has 32 heavy (non-hydrogen) atoms. The van der Waals surface area contributed by atoms with E-state index in [1.54, 1.807) is 62.4 Å². The summed E-state index contributed by atoms with van der Waals surface area (Å²) in [4.78, 5) is 24.6. The molecule has 7 nitrogen and oxygen atoms in total. The summed E-state index contributed by atoms with van der Waals surface area (Å²) in [5.74, 6) is -0.774. The van der Waals surface area contributed by atoms with Gasteiger partial charge in [-0.25, -0.2) is 8.42 Å². The van der Waals surface area contributed by atoms with Crippen LogP contribution in [0, 0.1) is 12.8 Å². The molecule has 3 N–H and O–H groups in total. The number of sulfonamides is 1. The minimum Gasteiger partial charge on any atom is -0.326 e. The van der Waals surface area contributed by atoms with Crippen molar-refractivity contribution in [1.29, 1.82) is 0 Å². The molecule has 2 amide bonds. The van der Waals surface area contributed by atoms with Crippen LogP contribution in [-0.2, 0) is 14.8 Å².